The van der Waals surface area contributed by atoms with Crippen LogP contribution in [0.2, 0.25) is 0 Å². The molecular formula is C7H15NO. The molecule has 0 spiro atoms. The summed E-state index contributed by atoms with van der Waals surface area (Å²) in [7, 11) is 4.14. The molecule has 0 aromatic rings. The molecule has 9 heavy (non-hydrogen) atoms. The highest BCUT2D eigenvalue weighted by Crippen LogP contribution is 2.21. The van der Waals surface area contributed by atoms with E-state index in [4.69, 9.17) is 5.11 Å². The van der Waals surface area contributed by atoms with Crippen molar-refractivity contribution < 1.29 is 5.11 Å². The summed E-state index contributed by atoms with van der Waals surface area (Å²) in [5.74, 6) is 0. The first-order valence-corrected chi connectivity index (χ1v) is 3.54. The first kappa shape index (κ1) is 7.03. The van der Waals surface area contributed by atoms with Gasteiger partial charge in [-0.15, -0.1) is 0 Å². The van der Waals surface area contributed by atoms with Gasteiger partial charge in [0.25, 0.3) is 0 Å². The van der Waals surface area contributed by atoms with Gasteiger partial charge in [-0.3, -0.25) is 0 Å². The van der Waals surface area contributed by atoms with Crippen LogP contribution in [0.3, 0.4) is 0 Å². The second-order valence-corrected chi connectivity index (χ2v) is 3.08. The van der Waals surface area contributed by atoms with Crippen molar-refractivity contribution in [3.8, 4) is 0 Å². The normalized spacial score (nSPS) is 36.0. The van der Waals surface area contributed by atoms with Gasteiger partial charge in [-0.05, 0) is 33.4 Å². The fourth-order valence-corrected chi connectivity index (χ4v) is 1.40. The first-order valence-electron chi connectivity index (χ1n) is 3.54. The Balaban J connectivity index is 2.30. The van der Waals surface area contributed by atoms with E-state index in [2.05, 4.69) is 19.0 Å². The Bertz CT molecular complexity index is 92.9. The van der Waals surface area contributed by atoms with E-state index < -0.39 is 0 Å². The van der Waals surface area contributed by atoms with Gasteiger partial charge in [0.05, 0.1) is 6.10 Å². The number of hydrogen-bond acceptors (Lipinski definition) is 2. The van der Waals surface area contributed by atoms with Crippen molar-refractivity contribution >= 4 is 0 Å². The molecule has 1 aliphatic rings. The average Bonchev–Trinajstić information content (AvgIpc) is 2.14. The van der Waals surface area contributed by atoms with Gasteiger partial charge in [-0.1, -0.05) is 0 Å². The Morgan fingerprint density at radius 1 is 1.33 bits per heavy atom. The summed E-state index contributed by atoms with van der Waals surface area (Å²) >= 11 is 0. The van der Waals surface area contributed by atoms with Crippen LogP contribution in [0.5, 0.6) is 0 Å². The Morgan fingerprint density at radius 2 is 2.00 bits per heavy atom. The van der Waals surface area contributed by atoms with Gasteiger partial charge in [-0.2, -0.15) is 0 Å². The van der Waals surface area contributed by atoms with Crippen molar-refractivity contribution in [1.29, 1.82) is 0 Å². The molecule has 0 saturated heterocycles. The van der Waals surface area contributed by atoms with Gasteiger partial charge in [0.15, 0.2) is 0 Å². The average molecular weight is 129 g/mol. The molecule has 1 N–H and O–H groups in total. The maximum absolute atomic E-state index is 9.12. The summed E-state index contributed by atoms with van der Waals surface area (Å²) < 4.78 is 0. The zero-order valence-corrected chi connectivity index (χ0v) is 6.17. The van der Waals surface area contributed by atoms with Crippen molar-refractivity contribution in [2.24, 2.45) is 0 Å². The van der Waals surface area contributed by atoms with E-state index in [0.717, 1.165) is 19.3 Å². The quantitative estimate of drug-likeness (QED) is 0.556. The van der Waals surface area contributed by atoms with E-state index in [9.17, 15) is 0 Å². The van der Waals surface area contributed by atoms with Crippen LogP contribution in [0.15, 0.2) is 0 Å². The Hall–Kier alpha value is -0.0800. The Labute approximate surface area is 56.5 Å². The lowest BCUT2D eigenvalue weighted by Crippen LogP contribution is -2.25. The van der Waals surface area contributed by atoms with E-state index in [-0.39, 0.29) is 6.10 Å². The molecule has 0 aromatic heterocycles. The summed E-state index contributed by atoms with van der Waals surface area (Å²) in [6, 6.07) is 0.625. The van der Waals surface area contributed by atoms with Crippen LogP contribution in [-0.4, -0.2) is 36.2 Å². The molecule has 0 amide bonds. The second-order valence-electron chi connectivity index (χ2n) is 3.08. The second kappa shape index (κ2) is 2.67. The highest BCUT2D eigenvalue weighted by atomic mass is 16.3. The minimum atomic E-state index is -0.0302. The monoisotopic (exact) mass is 129 g/mol. The van der Waals surface area contributed by atoms with Crippen LogP contribution in [0, 0.1) is 0 Å². The van der Waals surface area contributed by atoms with Gasteiger partial charge in [0.2, 0.25) is 0 Å². The van der Waals surface area contributed by atoms with Gasteiger partial charge in [-0.25, -0.2) is 0 Å². The topological polar surface area (TPSA) is 23.5 Å². The van der Waals surface area contributed by atoms with Crippen molar-refractivity contribution in [1.82, 2.24) is 4.90 Å². The molecule has 0 aromatic carbocycles. The minimum absolute atomic E-state index is 0.0302. The SMILES string of the molecule is CN(C)[C@H]1CC[C@@H](O)C1. The molecule has 2 heteroatoms. The summed E-state index contributed by atoms with van der Waals surface area (Å²) in [6.07, 6.45) is 3.08. The van der Waals surface area contributed by atoms with Crippen LogP contribution < -0.4 is 0 Å². The molecule has 1 saturated carbocycles. The fraction of sp³-hybridized carbons (Fsp3) is 1.00. The Kier molecular flexibility index (Phi) is 2.09. The maximum Gasteiger partial charge on any atom is 0.0555 e. The lowest BCUT2D eigenvalue weighted by Gasteiger charge is -2.17. The number of hydrogen-bond donors (Lipinski definition) is 1. The molecule has 0 heterocycles. The van der Waals surface area contributed by atoms with Crippen molar-refractivity contribution in [2.75, 3.05) is 14.1 Å². The summed E-state index contributed by atoms with van der Waals surface area (Å²) in [4.78, 5) is 2.19. The molecule has 54 valence electrons. The maximum atomic E-state index is 9.12. The van der Waals surface area contributed by atoms with E-state index in [1.54, 1.807) is 0 Å². The molecule has 2 nitrogen and oxygen atoms in total. The number of aliphatic hydroxyl groups is 1. The zero-order chi connectivity index (χ0) is 6.85. The van der Waals surface area contributed by atoms with Crippen molar-refractivity contribution in [3.05, 3.63) is 0 Å². The number of rotatable bonds is 1. The lowest BCUT2D eigenvalue weighted by molar-refractivity contribution is 0.169. The van der Waals surface area contributed by atoms with Crippen molar-refractivity contribution in [3.63, 3.8) is 0 Å². The van der Waals surface area contributed by atoms with Gasteiger partial charge in [0.1, 0.15) is 0 Å². The van der Waals surface area contributed by atoms with E-state index in [1.165, 1.54) is 0 Å². The van der Waals surface area contributed by atoms with Crippen LogP contribution in [-0.2, 0) is 0 Å². The predicted molar refractivity (Wildman–Crippen MR) is 37.3 cm³/mol. The minimum Gasteiger partial charge on any atom is -0.393 e. The third kappa shape index (κ3) is 1.66. The summed E-state index contributed by atoms with van der Waals surface area (Å²) in [6.45, 7) is 0. The Morgan fingerprint density at radius 3 is 2.22 bits per heavy atom. The molecule has 2 atom stereocenters. The molecule has 0 radical (unpaired) electrons. The van der Waals surface area contributed by atoms with Crippen LogP contribution >= 0.6 is 0 Å². The summed E-state index contributed by atoms with van der Waals surface area (Å²) in [5, 5.41) is 9.12. The fourth-order valence-electron chi connectivity index (χ4n) is 1.40. The van der Waals surface area contributed by atoms with Gasteiger partial charge >= 0.3 is 0 Å². The van der Waals surface area contributed by atoms with Crippen LogP contribution in [0.1, 0.15) is 19.3 Å². The first-order chi connectivity index (χ1) is 4.20. The standard InChI is InChI=1S/C7H15NO/c1-8(2)6-3-4-7(9)5-6/h6-7,9H,3-5H2,1-2H3/t6-,7+/m0/s1. The van der Waals surface area contributed by atoms with E-state index in [1.807, 2.05) is 0 Å². The molecule has 0 bridgehead atoms. The molecule has 1 fully saturated rings. The van der Waals surface area contributed by atoms with Crippen LogP contribution in [0.4, 0.5) is 0 Å². The molecule has 1 aliphatic carbocycles. The largest absolute Gasteiger partial charge is 0.393 e. The summed E-state index contributed by atoms with van der Waals surface area (Å²) in [5.41, 5.74) is 0. The van der Waals surface area contributed by atoms with Gasteiger partial charge in [0, 0.05) is 6.04 Å². The highest BCUT2D eigenvalue weighted by Gasteiger charge is 2.23. The van der Waals surface area contributed by atoms with Crippen LogP contribution in [0.25, 0.3) is 0 Å². The molecule has 0 aliphatic heterocycles. The molecular weight excluding hydrogens is 114 g/mol. The van der Waals surface area contributed by atoms with Gasteiger partial charge < -0.3 is 10.0 Å². The number of aliphatic hydroxyl groups excluding tert-OH is 1. The van der Waals surface area contributed by atoms with Crippen molar-refractivity contribution in [2.45, 2.75) is 31.4 Å². The van der Waals surface area contributed by atoms with E-state index >= 15 is 0 Å². The highest BCUT2D eigenvalue weighted by molar-refractivity contribution is 4.79. The predicted octanol–water partition coefficient (Wildman–Crippen LogP) is 0.461. The third-order valence-electron chi connectivity index (χ3n) is 2.11. The number of nitrogens with zero attached hydrogens (tertiary/aromatic N) is 1. The lowest BCUT2D eigenvalue weighted by atomic mass is 10.2. The zero-order valence-electron chi connectivity index (χ0n) is 6.17. The smallest absolute Gasteiger partial charge is 0.0555 e. The third-order valence-corrected chi connectivity index (χ3v) is 2.11. The molecule has 1 rings (SSSR count). The van der Waals surface area contributed by atoms with E-state index in [0.29, 0.717) is 6.04 Å². The molecule has 0 unspecified atom stereocenters.